The van der Waals surface area contributed by atoms with Gasteiger partial charge in [0.25, 0.3) is 0 Å². The largest absolute Gasteiger partial charge is 0.212 e. The molecule has 4 aromatic heterocycles. The third kappa shape index (κ3) is 21.5. The molecule has 0 amide bonds. The van der Waals surface area contributed by atoms with Gasteiger partial charge in [0.05, 0.1) is 28.6 Å². The summed E-state index contributed by atoms with van der Waals surface area (Å²) >= 11 is 0. The Labute approximate surface area is 658 Å². The van der Waals surface area contributed by atoms with Gasteiger partial charge >= 0.3 is 0 Å². The average molecular weight is 1400 g/mol. The number of hydrogen-bond acceptors (Lipinski definition) is 0. The molecule has 0 unspecified atom stereocenters. The Kier molecular flexibility index (Phi) is 15.5. The molecule has 0 bridgehead atoms. The van der Waals surface area contributed by atoms with Gasteiger partial charge in [-0.3, -0.25) is 0 Å². The predicted molar refractivity (Wildman–Crippen MR) is 442 cm³/mol. The summed E-state index contributed by atoms with van der Waals surface area (Å²) in [6, 6.07) is 22.4. The van der Waals surface area contributed by atoms with Crippen LogP contribution in [0.1, 0.15) is 188 Å². The lowest BCUT2D eigenvalue weighted by Gasteiger charge is -2.24. The van der Waals surface area contributed by atoms with Gasteiger partial charge in [0.1, 0.15) is 28.2 Å². The number of nitrogens with zero attached hydrogens (tertiary/aromatic N) is 4. The van der Waals surface area contributed by atoms with Crippen molar-refractivity contribution in [3.63, 3.8) is 0 Å². The second kappa shape index (κ2) is 32.8. The van der Waals surface area contributed by atoms with Crippen molar-refractivity contribution in [2.75, 3.05) is 0 Å². The van der Waals surface area contributed by atoms with Crippen LogP contribution in [0.2, 0.25) is 19.6 Å². The molecule has 0 aliphatic heterocycles. The highest BCUT2D eigenvalue weighted by Gasteiger charge is 2.27. The van der Waals surface area contributed by atoms with Gasteiger partial charge in [0, 0.05) is 86.2 Å². The minimum absolute atomic E-state index is 0.0378. The lowest BCUT2D eigenvalue weighted by molar-refractivity contribution is -0.661. The van der Waals surface area contributed by atoms with Crippen molar-refractivity contribution in [2.45, 2.75) is 183 Å². The van der Waals surface area contributed by atoms with E-state index in [1.54, 1.807) is 85.9 Å². The topological polar surface area (TPSA) is 15.5 Å². The molecule has 11 rings (SSSR count). The molecule has 0 aliphatic rings. The van der Waals surface area contributed by atoms with Crippen LogP contribution in [0.4, 0.5) is 0 Å². The lowest BCUT2D eigenvalue weighted by atomic mass is 9.81. The Morgan fingerprint density at radius 2 is 0.716 bits per heavy atom. The number of aromatic nitrogens is 4. The first kappa shape index (κ1) is 48.3. The number of aryl methyl sites for hydroxylation is 12. The summed E-state index contributed by atoms with van der Waals surface area (Å²) in [5, 5.41) is 1.50. The molecule has 5 heteroatoms. The van der Waals surface area contributed by atoms with Gasteiger partial charge < -0.3 is 0 Å². The summed E-state index contributed by atoms with van der Waals surface area (Å²) in [7, 11) is 6.42. The van der Waals surface area contributed by atoms with Gasteiger partial charge in [-0.15, -0.1) is 0 Å². The Bertz CT molecular complexity index is 6120. The van der Waals surface area contributed by atoms with Gasteiger partial charge in [0.2, 0.25) is 22.8 Å². The van der Waals surface area contributed by atoms with Crippen LogP contribution >= 0.6 is 0 Å². The van der Waals surface area contributed by atoms with E-state index in [4.69, 9.17) is 38.4 Å². The summed E-state index contributed by atoms with van der Waals surface area (Å²) in [6.07, 6.45) is 6.40. The maximum atomic E-state index is 8.72. The summed E-state index contributed by atoms with van der Waals surface area (Å²) in [6.45, 7) is 33.0. The minimum atomic E-state index is -2.59. The van der Waals surface area contributed by atoms with Crippen molar-refractivity contribution < 1.29 is 56.6 Å². The lowest BCUT2D eigenvalue weighted by Crippen LogP contribution is -2.44. The molecule has 7 aromatic carbocycles. The number of pyridine rings is 4. The summed E-state index contributed by atoms with van der Waals surface area (Å²) in [4.78, 5) is 0. The van der Waals surface area contributed by atoms with E-state index in [0.717, 1.165) is 35.2 Å². The minimum Gasteiger partial charge on any atom is -0.201 e. The highest BCUT2D eigenvalue weighted by atomic mass is 28.3. The zero-order valence-electron chi connectivity index (χ0n) is 92.8. The Morgan fingerprint density at radius 3 is 1.12 bits per heavy atom. The Balaban J connectivity index is 0.000000220. The highest BCUT2D eigenvalue weighted by Crippen LogP contribution is 2.37. The average Bonchev–Trinajstić information content (AvgIpc) is 0.749. The van der Waals surface area contributed by atoms with E-state index in [-0.39, 0.29) is 60.9 Å². The predicted octanol–water partition coefficient (Wildman–Crippen LogP) is 23.1. The molecule has 4 nitrogen and oxygen atoms in total. The fourth-order valence-corrected chi connectivity index (χ4v) is 13.5. The van der Waals surface area contributed by atoms with Crippen LogP contribution in [-0.4, -0.2) is 8.07 Å². The second-order valence-electron chi connectivity index (χ2n) is 32.4. The fourth-order valence-electron chi connectivity index (χ4n) is 12.3. The molecule has 11 aromatic rings. The van der Waals surface area contributed by atoms with Gasteiger partial charge in [-0.25, -0.2) is 18.3 Å². The Hall–Kier alpha value is -8.64. The maximum absolute atomic E-state index is 8.72. The van der Waals surface area contributed by atoms with Crippen LogP contribution < -0.4 is 23.5 Å². The molecule has 4 heterocycles. The molecule has 532 valence electrons. The molecular formula is C97H124N4Si+4. The zero-order chi connectivity index (χ0) is 99.1. The molecule has 102 heavy (non-hydrogen) atoms. The molecule has 0 radical (unpaired) electrons. The van der Waals surface area contributed by atoms with Crippen LogP contribution in [0, 0.1) is 76.8 Å². The van der Waals surface area contributed by atoms with Crippen LogP contribution in [0.3, 0.4) is 0 Å². The zero-order valence-corrected chi connectivity index (χ0v) is 65.8. The summed E-state index contributed by atoms with van der Waals surface area (Å²) in [5.41, 5.74) is 12.7. The molecule has 0 N–H and O–H groups in total. The first-order chi connectivity index (χ1) is 59.0. The number of hydrogen-bond donors (Lipinski definition) is 0. The Morgan fingerprint density at radius 1 is 0.333 bits per heavy atom. The van der Waals surface area contributed by atoms with E-state index in [1.165, 1.54) is 45.3 Å². The second-order valence-corrected chi connectivity index (χ2v) is 37.5. The molecule has 0 spiro atoms. The first-order valence-corrected chi connectivity index (χ1v) is 38.3. The van der Waals surface area contributed by atoms with Crippen LogP contribution in [0.25, 0.3) is 78.4 Å². The molecule has 0 atom stereocenters. The SMILES string of the molecule is Cc1ccccc1-c1ccc([Si](C)(C)C)c[n+]1C.[2H]c1c([2H])c([2H])c(-c2cc(-c3cc(C)c(C([2H])([2H])C(C)(C)C)c[n+]3C)c(C)cc2C([2H])([2H])[2H])c([2H])c1[2H].[2H]c1c([2H])c([2H])c(-c2cc(-c3cc(CC(C)(C)C)c(CC(C)(C)C)c[n+]3C)c(C)cc2C([2H])([2H])[2H])c([2H])c1[2H].[2H]c1c([2H])c([2H])c(-c2cc(-c3ccc(C([2H])([2H])C(C)(C)C)c[n+]3C)c(C)cc2C([2H])([2H])[2H])c([2H])c1[2H]. The highest BCUT2D eigenvalue weighted by molar-refractivity contribution is 6.88. The molecule has 0 saturated heterocycles. The van der Waals surface area contributed by atoms with Crippen molar-refractivity contribution in [3.8, 4) is 78.4 Å². The van der Waals surface area contributed by atoms with Gasteiger partial charge in [-0.1, -0.05) is 236 Å². The monoisotopic (exact) mass is 1400 g/mol. The van der Waals surface area contributed by atoms with Crippen LogP contribution in [0.15, 0.2) is 212 Å². The van der Waals surface area contributed by atoms with Crippen molar-refractivity contribution in [2.24, 2.45) is 49.9 Å². The van der Waals surface area contributed by atoms with Crippen LogP contribution in [-0.2, 0) is 53.8 Å². The van der Waals surface area contributed by atoms with Crippen molar-refractivity contribution in [1.82, 2.24) is 0 Å². The molecule has 0 fully saturated rings. The van der Waals surface area contributed by atoms with E-state index >= 15 is 0 Å². The summed E-state index contributed by atoms with van der Waals surface area (Å²) < 4.78 is 238. The van der Waals surface area contributed by atoms with Crippen LogP contribution in [0.5, 0.6) is 0 Å². The summed E-state index contributed by atoms with van der Waals surface area (Å²) in [5.74, 6) is 0. The number of rotatable bonds is 12. The van der Waals surface area contributed by atoms with Gasteiger partial charge in [-0.05, 0) is 216 Å². The van der Waals surface area contributed by atoms with Gasteiger partial charge in [0.15, 0.2) is 24.8 Å². The fraction of sp³-hybridized carbons (Fsp3) is 0.361. The van der Waals surface area contributed by atoms with E-state index in [1.807, 2.05) is 73.1 Å². The van der Waals surface area contributed by atoms with Crippen molar-refractivity contribution in [1.29, 1.82) is 0 Å². The van der Waals surface area contributed by atoms with E-state index in [2.05, 4.69) is 135 Å². The van der Waals surface area contributed by atoms with E-state index in [0.29, 0.717) is 44.8 Å². The smallest absolute Gasteiger partial charge is 0.201 e. The standard InChI is InChI=1S/C30H40N.C26H32N.C25H30N.C16H22NSi/c1-21-15-22(2)27(17-26(21)23-13-11-10-12-14-23)28-16-24(18-29(3,4)5)25(20-31(28)9)19-30(6,7)8;1-18-14-25(27(7)17-22(18)16-26(4,5)6)24-15-23(19(2)13-20(24)3)21-11-9-8-10-12-21;1-18-14-19(2)23(15-22(18)21-10-8-7-9-11-21)24-13-12-20(17-26(24)6)16-25(3,4)5;1-13-8-6-7-9-15(13)16-11-10-14(12-17(16)2)18(3,4)5/h10-17,20H,18-19H2,1-9H3;8-15,17H,16H2,1-7H3;7-15,17H,16H2,1-6H3;6-12H,1-5H3/q4*+1/i1D3,10D,11D,12D,13D,14D;2D3,8D,9D,10D,11D,12D,16D2;1D3,7D,8D,9D,10D,11D,16D2;. The molecule has 0 aliphatic carbocycles. The van der Waals surface area contributed by atoms with Gasteiger partial charge in [-0.2, -0.15) is 0 Å². The maximum Gasteiger partial charge on any atom is 0.212 e. The quantitative estimate of drug-likeness (QED) is 0.0856. The normalized spacial score (nSPS) is 16.4. The molecular weight excluding hydrogens is 1250 g/mol. The van der Waals surface area contributed by atoms with E-state index < -0.39 is 143 Å². The van der Waals surface area contributed by atoms with Crippen molar-refractivity contribution >= 4 is 13.3 Å². The van der Waals surface area contributed by atoms with E-state index in [9.17, 15) is 0 Å². The molecule has 0 saturated carbocycles. The number of benzene rings is 7. The van der Waals surface area contributed by atoms with Crippen molar-refractivity contribution in [3.05, 3.63) is 279 Å². The third-order valence-electron chi connectivity index (χ3n) is 17.2. The first-order valence-electron chi connectivity index (χ1n) is 48.8. The third-order valence-corrected chi connectivity index (χ3v) is 19.2.